The Labute approximate surface area is 139 Å². The lowest BCUT2D eigenvalue weighted by Crippen LogP contribution is -2.29. The number of unbranched alkanes of at least 4 members (excludes halogenated alkanes) is 1. The maximum atomic E-state index is 11.8. The quantitative estimate of drug-likeness (QED) is 0.633. The normalized spacial score (nSPS) is 10.9. The van der Waals surface area contributed by atoms with Crippen LogP contribution in [0.1, 0.15) is 37.3 Å². The number of rotatable bonds is 11. The fraction of sp³-hybridized carbons (Fsp3) is 0.611. The van der Waals surface area contributed by atoms with Crippen LogP contribution in [-0.4, -0.2) is 43.2 Å². The predicted octanol–water partition coefficient (Wildman–Crippen LogP) is 3.47. The van der Waals surface area contributed by atoms with Crippen molar-refractivity contribution in [3.8, 4) is 0 Å². The van der Waals surface area contributed by atoms with Gasteiger partial charge >= 0.3 is 0 Å². The topological polar surface area (TPSA) is 32.3 Å². The van der Waals surface area contributed by atoms with Crippen LogP contribution in [0.5, 0.6) is 0 Å². The van der Waals surface area contributed by atoms with Crippen LogP contribution in [0.2, 0.25) is 0 Å². The second kappa shape index (κ2) is 11.6. The molecule has 0 spiro atoms. The Morgan fingerprint density at radius 3 is 2.55 bits per heavy atom. The van der Waals surface area contributed by atoms with E-state index in [9.17, 15) is 4.79 Å². The van der Waals surface area contributed by atoms with Crippen LogP contribution >= 0.6 is 11.8 Å². The molecule has 0 aliphatic carbocycles. The molecular formula is C18H30N2OS. The highest BCUT2D eigenvalue weighted by molar-refractivity contribution is 7.99. The average molecular weight is 323 g/mol. The minimum atomic E-state index is 0.147. The third-order valence-corrected chi connectivity index (χ3v) is 4.56. The van der Waals surface area contributed by atoms with Gasteiger partial charge in [0.25, 0.3) is 0 Å². The van der Waals surface area contributed by atoms with Gasteiger partial charge in [-0.25, -0.2) is 0 Å². The maximum absolute atomic E-state index is 11.8. The molecular weight excluding hydrogens is 292 g/mol. The monoisotopic (exact) mass is 322 g/mol. The Morgan fingerprint density at radius 2 is 1.86 bits per heavy atom. The molecule has 0 heterocycles. The second-order valence-electron chi connectivity index (χ2n) is 5.84. The largest absolute Gasteiger partial charge is 0.355 e. The van der Waals surface area contributed by atoms with Crippen molar-refractivity contribution >= 4 is 17.7 Å². The first-order valence-corrected chi connectivity index (χ1v) is 9.35. The van der Waals surface area contributed by atoms with Crippen molar-refractivity contribution in [3.63, 3.8) is 0 Å². The summed E-state index contributed by atoms with van der Waals surface area (Å²) >= 11 is 1.67. The van der Waals surface area contributed by atoms with E-state index in [2.05, 4.69) is 55.4 Å². The molecule has 22 heavy (non-hydrogen) atoms. The van der Waals surface area contributed by atoms with E-state index in [1.165, 1.54) is 24.0 Å². The molecule has 0 aliphatic heterocycles. The van der Waals surface area contributed by atoms with Gasteiger partial charge < -0.3 is 10.2 Å². The van der Waals surface area contributed by atoms with Gasteiger partial charge in [0.2, 0.25) is 5.91 Å². The van der Waals surface area contributed by atoms with Gasteiger partial charge in [-0.15, -0.1) is 11.8 Å². The van der Waals surface area contributed by atoms with Crippen molar-refractivity contribution in [2.45, 2.75) is 38.9 Å². The molecule has 0 atom stereocenters. The summed E-state index contributed by atoms with van der Waals surface area (Å²) in [5, 5.41) is 3.00. The Kier molecular flexibility index (Phi) is 10.0. The number of amides is 1. The lowest BCUT2D eigenvalue weighted by molar-refractivity contribution is -0.118. The molecule has 1 aromatic carbocycles. The SMILES string of the molecule is CCCCN(C)CCCNC(=O)CSCc1ccc(C)cc1. The highest BCUT2D eigenvalue weighted by Gasteiger charge is 2.02. The van der Waals surface area contributed by atoms with Crippen molar-refractivity contribution < 1.29 is 4.79 Å². The lowest BCUT2D eigenvalue weighted by atomic mass is 10.2. The average Bonchev–Trinajstić information content (AvgIpc) is 2.51. The van der Waals surface area contributed by atoms with Crippen LogP contribution in [-0.2, 0) is 10.5 Å². The third-order valence-electron chi connectivity index (χ3n) is 3.55. The zero-order valence-electron chi connectivity index (χ0n) is 14.2. The number of nitrogens with one attached hydrogen (secondary N) is 1. The molecule has 0 saturated carbocycles. The summed E-state index contributed by atoms with van der Waals surface area (Å²) in [6.45, 7) is 7.28. The smallest absolute Gasteiger partial charge is 0.230 e. The zero-order chi connectivity index (χ0) is 16.2. The van der Waals surface area contributed by atoms with Gasteiger partial charge in [0, 0.05) is 12.3 Å². The Bertz CT molecular complexity index is 420. The van der Waals surface area contributed by atoms with Gasteiger partial charge in [0.05, 0.1) is 5.75 Å². The first-order valence-electron chi connectivity index (χ1n) is 8.20. The molecule has 0 saturated heterocycles. The van der Waals surface area contributed by atoms with Gasteiger partial charge in [-0.1, -0.05) is 43.2 Å². The molecule has 1 amide bonds. The van der Waals surface area contributed by atoms with E-state index in [1.54, 1.807) is 11.8 Å². The molecule has 0 bridgehead atoms. The third kappa shape index (κ3) is 9.11. The van der Waals surface area contributed by atoms with E-state index in [0.29, 0.717) is 5.75 Å². The van der Waals surface area contributed by atoms with Crippen LogP contribution in [0, 0.1) is 6.92 Å². The highest BCUT2D eigenvalue weighted by Crippen LogP contribution is 2.12. The molecule has 0 aromatic heterocycles. The number of nitrogens with zero attached hydrogens (tertiary/aromatic N) is 1. The molecule has 1 aromatic rings. The number of hydrogen-bond acceptors (Lipinski definition) is 3. The molecule has 4 heteroatoms. The minimum absolute atomic E-state index is 0.147. The zero-order valence-corrected chi connectivity index (χ0v) is 15.0. The molecule has 3 nitrogen and oxygen atoms in total. The summed E-state index contributed by atoms with van der Waals surface area (Å²) in [5.41, 5.74) is 2.55. The van der Waals surface area contributed by atoms with Crippen molar-refractivity contribution in [3.05, 3.63) is 35.4 Å². The number of aryl methyl sites for hydroxylation is 1. The molecule has 0 radical (unpaired) electrons. The van der Waals surface area contributed by atoms with E-state index >= 15 is 0 Å². The van der Waals surface area contributed by atoms with E-state index in [0.717, 1.165) is 31.8 Å². The Morgan fingerprint density at radius 1 is 1.18 bits per heavy atom. The molecule has 0 unspecified atom stereocenters. The van der Waals surface area contributed by atoms with Gasteiger partial charge in [-0.3, -0.25) is 4.79 Å². The van der Waals surface area contributed by atoms with Gasteiger partial charge in [-0.05, 0) is 45.5 Å². The van der Waals surface area contributed by atoms with Crippen molar-refractivity contribution in [1.82, 2.24) is 10.2 Å². The molecule has 0 fully saturated rings. The fourth-order valence-corrected chi connectivity index (χ4v) is 2.93. The number of hydrogen-bond donors (Lipinski definition) is 1. The number of carbonyl (C=O) groups excluding carboxylic acids is 1. The number of thioether (sulfide) groups is 1. The van der Waals surface area contributed by atoms with Crippen LogP contribution in [0.15, 0.2) is 24.3 Å². The second-order valence-corrected chi connectivity index (χ2v) is 6.82. The molecule has 1 rings (SSSR count). The van der Waals surface area contributed by atoms with E-state index in [-0.39, 0.29) is 5.91 Å². The van der Waals surface area contributed by atoms with Crippen LogP contribution < -0.4 is 5.32 Å². The maximum Gasteiger partial charge on any atom is 0.230 e. The molecule has 0 aliphatic rings. The first kappa shape index (κ1) is 19.0. The van der Waals surface area contributed by atoms with E-state index in [4.69, 9.17) is 0 Å². The van der Waals surface area contributed by atoms with E-state index in [1.807, 2.05) is 0 Å². The summed E-state index contributed by atoms with van der Waals surface area (Å²) in [5.74, 6) is 1.58. The first-order chi connectivity index (χ1) is 10.6. The predicted molar refractivity (Wildman–Crippen MR) is 97.4 cm³/mol. The van der Waals surface area contributed by atoms with E-state index < -0.39 is 0 Å². The lowest BCUT2D eigenvalue weighted by Gasteiger charge is -2.15. The van der Waals surface area contributed by atoms with Crippen molar-refractivity contribution in [1.29, 1.82) is 0 Å². The Hall–Kier alpha value is -1.00. The fourth-order valence-electron chi connectivity index (χ4n) is 2.11. The number of carbonyl (C=O) groups is 1. The number of benzene rings is 1. The van der Waals surface area contributed by atoms with Crippen LogP contribution in [0.3, 0.4) is 0 Å². The summed E-state index contributed by atoms with van der Waals surface area (Å²) in [4.78, 5) is 14.1. The van der Waals surface area contributed by atoms with Crippen molar-refractivity contribution in [2.75, 3.05) is 32.4 Å². The van der Waals surface area contributed by atoms with Crippen LogP contribution in [0.4, 0.5) is 0 Å². The summed E-state index contributed by atoms with van der Waals surface area (Å²) < 4.78 is 0. The standard InChI is InChI=1S/C18H30N2OS/c1-4-5-12-20(3)13-6-11-19-18(21)15-22-14-17-9-7-16(2)8-10-17/h7-10H,4-6,11-15H2,1-3H3,(H,19,21). The Balaban J connectivity index is 2.03. The van der Waals surface area contributed by atoms with Crippen molar-refractivity contribution in [2.24, 2.45) is 0 Å². The molecule has 1 N–H and O–H groups in total. The van der Waals surface area contributed by atoms with Gasteiger partial charge in [-0.2, -0.15) is 0 Å². The van der Waals surface area contributed by atoms with Gasteiger partial charge in [0.15, 0.2) is 0 Å². The minimum Gasteiger partial charge on any atom is -0.355 e. The molecule has 124 valence electrons. The summed E-state index contributed by atoms with van der Waals surface area (Å²) in [6, 6.07) is 8.49. The van der Waals surface area contributed by atoms with Gasteiger partial charge in [0.1, 0.15) is 0 Å². The highest BCUT2D eigenvalue weighted by atomic mass is 32.2. The summed E-state index contributed by atoms with van der Waals surface area (Å²) in [6.07, 6.45) is 3.51. The van der Waals surface area contributed by atoms with Crippen LogP contribution in [0.25, 0.3) is 0 Å². The summed E-state index contributed by atoms with van der Waals surface area (Å²) in [7, 11) is 2.15.